The molecule has 1 unspecified atom stereocenters. The minimum atomic E-state index is 0. The van der Waals surface area contributed by atoms with Crippen molar-refractivity contribution < 1.29 is 4.79 Å². The Morgan fingerprint density at radius 3 is 2.61 bits per heavy atom. The summed E-state index contributed by atoms with van der Waals surface area (Å²) in [7, 11) is 0. The van der Waals surface area contributed by atoms with E-state index in [0.29, 0.717) is 5.75 Å². The third-order valence-electron chi connectivity index (χ3n) is 3.03. The van der Waals surface area contributed by atoms with Crippen LogP contribution in [0.2, 0.25) is 0 Å². The van der Waals surface area contributed by atoms with E-state index >= 15 is 0 Å². The van der Waals surface area contributed by atoms with Crippen LogP contribution in [0, 0.1) is 5.41 Å². The minimum absolute atomic E-state index is 0. The van der Waals surface area contributed by atoms with Gasteiger partial charge < -0.3 is 10.6 Å². The van der Waals surface area contributed by atoms with Gasteiger partial charge in [-0.1, -0.05) is 27.7 Å². The van der Waals surface area contributed by atoms with Gasteiger partial charge in [-0.05, 0) is 24.8 Å². The standard InChI is InChI=1S/C13H26N2OS.ClH/c1-12(2,3)17-8-11(16)15-10-13(4)6-5-7-14-9-13;/h14H,5-10H2,1-4H3,(H,15,16);1H. The van der Waals surface area contributed by atoms with Gasteiger partial charge in [0.1, 0.15) is 0 Å². The number of carbonyl (C=O) groups excluding carboxylic acids is 1. The summed E-state index contributed by atoms with van der Waals surface area (Å²) in [6.45, 7) is 11.6. The molecule has 2 N–H and O–H groups in total. The Kier molecular flexibility index (Phi) is 7.64. The van der Waals surface area contributed by atoms with Gasteiger partial charge in [0.05, 0.1) is 5.75 Å². The molecule has 1 heterocycles. The fraction of sp³-hybridized carbons (Fsp3) is 0.923. The van der Waals surface area contributed by atoms with E-state index in [-0.39, 0.29) is 28.5 Å². The molecule has 3 nitrogen and oxygen atoms in total. The predicted octanol–water partition coefficient (Wildman–Crippen LogP) is 2.45. The molecule has 1 amide bonds. The Hall–Kier alpha value is 0.0700. The first-order chi connectivity index (χ1) is 7.81. The van der Waals surface area contributed by atoms with E-state index in [1.54, 1.807) is 11.8 Å². The number of piperidine rings is 1. The summed E-state index contributed by atoms with van der Waals surface area (Å²) >= 11 is 1.70. The molecule has 0 aromatic carbocycles. The van der Waals surface area contributed by atoms with Crippen molar-refractivity contribution in [3.63, 3.8) is 0 Å². The minimum Gasteiger partial charge on any atom is -0.355 e. The summed E-state index contributed by atoms with van der Waals surface area (Å²) in [5.41, 5.74) is 0.236. The molecule has 18 heavy (non-hydrogen) atoms. The summed E-state index contributed by atoms with van der Waals surface area (Å²) in [6, 6.07) is 0. The summed E-state index contributed by atoms with van der Waals surface area (Å²) in [4.78, 5) is 11.7. The number of thioether (sulfide) groups is 1. The zero-order valence-corrected chi connectivity index (χ0v) is 13.6. The molecule has 0 aromatic rings. The van der Waals surface area contributed by atoms with E-state index in [9.17, 15) is 4.79 Å². The van der Waals surface area contributed by atoms with Crippen molar-refractivity contribution in [3.8, 4) is 0 Å². The molecule has 0 spiro atoms. The molecule has 0 bridgehead atoms. The van der Waals surface area contributed by atoms with E-state index in [0.717, 1.165) is 19.6 Å². The smallest absolute Gasteiger partial charge is 0.230 e. The number of carbonyl (C=O) groups is 1. The normalized spacial score (nSPS) is 24.2. The molecule has 108 valence electrons. The average molecular weight is 295 g/mol. The molecule has 1 aliphatic heterocycles. The largest absolute Gasteiger partial charge is 0.355 e. The quantitative estimate of drug-likeness (QED) is 0.837. The van der Waals surface area contributed by atoms with E-state index in [4.69, 9.17) is 0 Å². The van der Waals surface area contributed by atoms with Gasteiger partial charge in [0, 0.05) is 17.8 Å². The number of halogens is 1. The molecular weight excluding hydrogens is 268 g/mol. The van der Waals surface area contributed by atoms with Crippen LogP contribution in [0.25, 0.3) is 0 Å². The van der Waals surface area contributed by atoms with Gasteiger partial charge in [-0.25, -0.2) is 0 Å². The fourth-order valence-corrected chi connectivity index (χ4v) is 2.58. The van der Waals surface area contributed by atoms with E-state index in [1.807, 2.05) is 0 Å². The van der Waals surface area contributed by atoms with Gasteiger partial charge in [0.15, 0.2) is 0 Å². The summed E-state index contributed by atoms with van der Waals surface area (Å²) in [5.74, 6) is 0.726. The highest BCUT2D eigenvalue weighted by atomic mass is 35.5. The maximum Gasteiger partial charge on any atom is 0.230 e. The van der Waals surface area contributed by atoms with Crippen LogP contribution in [0.5, 0.6) is 0 Å². The van der Waals surface area contributed by atoms with Gasteiger partial charge in [-0.2, -0.15) is 0 Å². The number of amides is 1. The van der Waals surface area contributed by atoms with Gasteiger partial charge >= 0.3 is 0 Å². The van der Waals surface area contributed by atoms with Crippen LogP contribution in [0.4, 0.5) is 0 Å². The van der Waals surface area contributed by atoms with Crippen molar-refractivity contribution in [1.29, 1.82) is 0 Å². The van der Waals surface area contributed by atoms with Crippen molar-refractivity contribution in [2.24, 2.45) is 5.41 Å². The summed E-state index contributed by atoms with van der Waals surface area (Å²) in [6.07, 6.45) is 2.41. The zero-order chi connectivity index (χ0) is 12.9. The van der Waals surface area contributed by atoms with Crippen LogP contribution >= 0.6 is 24.2 Å². The van der Waals surface area contributed by atoms with Crippen molar-refractivity contribution in [2.75, 3.05) is 25.4 Å². The molecule has 1 aliphatic rings. The highest BCUT2D eigenvalue weighted by molar-refractivity contribution is 8.01. The van der Waals surface area contributed by atoms with Crippen molar-refractivity contribution >= 4 is 30.1 Å². The van der Waals surface area contributed by atoms with Crippen LogP contribution in [-0.4, -0.2) is 36.0 Å². The van der Waals surface area contributed by atoms with E-state index in [2.05, 4.69) is 38.3 Å². The predicted molar refractivity (Wildman–Crippen MR) is 82.7 cm³/mol. The average Bonchev–Trinajstić information content (AvgIpc) is 2.24. The highest BCUT2D eigenvalue weighted by Crippen LogP contribution is 2.25. The molecule has 1 rings (SSSR count). The van der Waals surface area contributed by atoms with Gasteiger partial charge in [-0.3, -0.25) is 4.79 Å². The number of nitrogens with one attached hydrogen (secondary N) is 2. The Bertz CT molecular complexity index is 260. The Morgan fingerprint density at radius 2 is 2.11 bits per heavy atom. The van der Waals surface area contributed by atoms with Crippen LogP contribution in [0.1, 0.15) is 40.5 Å². The monoisotopic (exact) mass is 294 g/mol. The van der Waals surface area contributed by atoms with Gasteiger partial charge in [0.2, 0.25) is 5.91 Å². The maximum atomic E-state index is 11.7. The Morgan fingerprint density at radius 1 is 1.44 bits per heavy atom. The van der Waals surface area contributed by atoms with Crippen LogP contribution < -0.4 is 10.6 Å². The van der Waals surface area contributed by atoms with Crippen LogP contribution in [-0.2, 0) is 4.79 Å². The lowest BCUT2D eigenvalue weighted by atomic mass is 9.83. The molecular formula is C13H27ClN2OS. The molecule has 5 heteroatoms. The second kappa shape index (κ2) is 7.61. The van der Waals surface area contributed by atoms with Crippen molar-refractivity contribution in [1.82, 2.24) is 10.6 Å². The van der Waals surface area contributed by atoms with Gasteiger partial charge in [0.25, 0.3) is 0 Å². The van der Waals surface area contributed by atoms with E-state index in [1.165, 1.54) is 12.8 Å². The number of rotatable bonds is 4. The SMILES string of the molecule is CC1(CNC(=O)CSC(C)(C)C)CCCNC1.Cl. The van der Waals surface area contributed by atoms with Crippen LogP contribution in [0.15, 0.2) is 0 Å². The number of hydrogen-bond donors (Lipinski definition) is 2. The molecule has 0 saturated carbocycles. The second-order valence-electron chi connectivity index (χ2n) is 6.27. The molecule has 0 radical (unpaired) electrons. The Balaban J connectivity index is 0.00000289. The van der Waals surface area contributed by atoms with Crippen molar-refractivity contribution in [3.05, 3.63) is 0 Å². The molecule has 1 fully saturated rings. The van der Waals surface area contributed by atoms with E-state index < -0.39 is 0 Å². The lowest BCUT2D eigenvalue weighted by molar-refractivity contribution is -0.119. The molecule has 1 atom stereocenters. The summed E-state index contributed by atoms with van der Waals surface area (Å²) in [5, 5.41) is 6.46. The first-order valence-corrected chi connectivity index (χ1v) is 7.41. The second-order valence-corrected chi connectivity index (χ2v) is 8.07. The third kappa shape index (κ3) is 7.49. The topological polar surface area (TPSA) is 41.1 Å². The first kappa shape index (κ1) is 18.1. The fourth-order valence-electron chi connectivity index (χ4n) is 1.91. The molecule has 1 saturated heterocycles. The number of hydrogen-bond acceptors (Lipinski definition) is 3. The molecule has 0 aliphatic carbocycles. The first-order valence-electron chi connectivity index (χ1n) is 6.42. The highest BCUT2D eigenvalue weighted by Gasteiger charge is 2.27. The van der Waals surface area contributed by atoms with Crippen molar-refractivity contribution in [2.45, 2.75) is 45.3 Å². The lowest BCUT2D eigenvalue weighted by Crippen LogP contribution is -2.46. The van der Waals surface area contributed by atoms with Gasteiger partial charge in [-0.15, -0.1) is 24.2 Å². The third-order valence-corrected chi connectivity index (χ3v) is 4.31. The zero-order valence-electron chi connectivity index (χ0n) is 12.0. The van der Waals surface area contributed by atoms with Crippen LogP contribution in [0.3, 0.4) is 0 Å². The lowest BCUT2D eigenvalue weighted by Gasteiger charge is -2.34. The summed E-state index contributed by atoms with van der Waals surface area (Å²) < 4.78 is 0.160. The maximum absolute atomic E-state index is 11.7. The molecule has 0 aromatic heterocycles. The Labute approximate surface area is 122 Å².